The zero-order chi connectivity index (χ0) is 30.7. The summed E-state index contributed by atoms with van der Waals surface area (Å²) in [7, 11) is 4.75. The van der Waals surface area contributed by atoms with Crippen molar-refractivity contribution < 1.29 is 14.4 Å². The van der Waals surface area contributed by atoms with Crippen LogP contribution in [0.5, 0.6) is 0 Å². The number of hydrogen-bond acceptors (Lipinski definition) is 7. The smallest absolute Gasteiger partial charge is 0.343 e. The van der Waals surface area contributed by atoms with E-state index in [2.05, 4.69) is 32.1 Å². The van der Waals surface area contributed by atoms with Crippen LogP contribution in [-0.4, -0.2) is 77.2 Å². The van der Waals surface area contributed by atoms with Crippen LogP contribution in [0.15, 0.2) is 41.2 Å². The van der Waals surface area contributed by atoms with E-state index in [9.17, 15) is 24.4 Å². The van der Waals surface area contributed by atoms with E-state index in [0.29, 0.717) is 55.7 Å². The molecule has 1 saturated heterocycles. The third-order valence-corrected chi connectivity index (χ3v) is 8.62. The summed E-state index contributed by atoms with van der Waals surface area (Å²) in [6, 6.07) is 12.9. The number of benzene rings is 2. The zero-order valence-electron chi connectivity index (χ0n) is 24.6. The molecule has 1 atom stereocenters. The number of H-pyrrole nitrogens is 1. The second kappa shape index (κ2) is 12.2. The molecule has 3 amide bonds. The second-order valence-corrected chi connectivity index (χ2v) is 11.0. The number of carbonyl (C=O) groups is 3. The fourth-order valence-corrected chi connectivity index (χ4v) is 6.43. The average Bonchev–Trinajstić information content (AvgIpc) is 3.61. The summed E-state index contributed by atoms with van der Waals surface area (Å²) in [5.74, 6) is -0.111. The van der Waals surface area contributed by atoms with Crippen molar-refractivity contribution >= 4 is 17.7 Å². The standard InChI is InChI=1S/C31H36N8O4/c1-33-27(41)21-8-10-24-19(15-21)6-7-20-16-22(28(42)34-2)9-11-25(20)31(24,29-36-30(43)38(3)37-29)12-13-35-18-26(40)39-14-4-5-23(39)17-32/h8-11,15-16,23,35H,4-7,12-14,18H2,1-3H3,(H,33,41)(H,34,42)(H,36,37,43)/t23-/m0/s1. The number of nitrogens with zero attached hydrogens (tertiary/aromatic N) is 4. The van der Waals surface area contributed by atoms with Crippen LogP contribution in [0.4, 0.5) is 0 Å². The summed E-state index contributed by atoms with van der Waals surface area (Å²) in [5, 5.41) is 22.7. The Labute approximate surface area is 249 Å². The molecule has 12 nitrogen and oxygen atoms in total. The van der Waals surface area contributed by atoms with Crippen LogP contribution in [0.3, 0.4) is 0 Å². The molecule has 0 radical (unpaired) electrons. The molecule has 2 heterocycles. The van der Waals surface area contributed by atoms with E-state index in [1.165, 1.54) is 4.68 Å². The first kappa shape index (κ1) is 29.7. The first-order valence-corrected chi connectivity index (χ1v) is 14.5. The molecule has 2 aliphatic rings. The van der Waals surface area contributed by atoms with Gasteiger partial charge in [-0.15, -0.1) is 0 Å². The van der Waals surface area contributed by atoms with Gasteiger partial charge in [0, 0.05) is 38.8 Å². The Morgan fingerprint density at radius 3 is 2.16 bits per heavy atom. The second-order valence-electron chi connectivity index (χ2n) is 11.0. The Balaban J connectivity index is 1.61. The number of hydrogen-bond donors (Lipinski definition) is 4. The molecule has 3 aromatic rings. The molecule has 12 heteroatoms. The summed E-state index contributed by atoms with van der Waals surface area (Å²) in [5.41, 5.74) is 3.32. The van der Waals surface area contributed by atoms with Gasteiger partial charge in [-0.25, -0.2) is 9.48 Å². The summed E-state index contributed by atoms with van der Waals surface area (Å²) in [6.45, 7) is 1.01. The van der Waals surface area contributed by atoms with Crippen LogP contribution < -0.4 is 21.6 Å². The van der Waals surface area contributed by atoms with Gasteiger partial charge < -0.3 is 20.9 Å². The highest BCUT2D eigenvalue weighted by Gasteiger charge is 2.44. The van der Waals surface area contributed by atoms with Crippen LogP contribution >= 0.6 is 0 Å². The Kier molecular flexibility index (Phi) is 8.45. The Morgan fingerprint density at radius 2 is 1.65 bits per heavy atom. The third-order valence-electron chi connectivity index (χ3n) is 8.62. The van der Waals surface area contributed by atoms with Gasteiger partial charge in [-0.2, -0.15) is 10.4 Å². The first-order chi connectivity index (χ1) is 20.7. The molecule has 0 unspecified atom stereocenters. The quantitative estimate of drug-likeness (QED) is 0.284. The van der Waals surface area contributed by atoms with Gasteiger partial charge in [0.25, 0.3) is 11.8 Å². The summed E-state index contributed by atoms with van der Waals surface area (Å²) >= 11 is 0. The van der Waals surface area contributed by atoms with E-state index in [1.54, 1.807) is 38.2 Å². The maximum absolute atomic E-state index is 12.9. The molecule has 2 aromatic carbocycles. The molecule has 43 heavy (non-hydrogen) atoms. The molecule has 0 saturated carbocycles. The maximum Gasteiger partial charge on any atom is 0.343 e. The summed E-state index contributed by atoms with van der Waals surface area (Å²) in [4.78, 5) is 55.5. The maximum atomic E-state index is 12.9. The van der Waals surface area contributed by atoms with E-state index >= 15 is 0 Å². The predicted molar refractivity (Wildman–Crippen MR) is 159 cm³/mol. The van der Waals surface area contributed by atoms with Gasteiger partial charge in [0.2, 0.25) is 5.91 Å². The lowest BCUT2D eigenvalue weighted by atomic mass is 9.69. The van der Waals surface area contributed by atoms with Crippen LogP contribution in [0.2, 0.25) is 0 Å². The lowest BCUT2D eigenvalue weighted by Crippen LogP contribution is -2.42. The van der Waals surface area contributed by atoms with E-state index in [1.807, 2.05) is 24.3 Å². The monoisotopic (exact) mass is 584 g/mol. The van der Waals surface area contributed by atoms with Crippen molar-refractivity contribution in [2.75, 3.05) is 33.7 Å². The minimum atomic E-state index is -0.969. The molecule has 0 bridgehead atoms. The number of fused-ring (bicyclic) bond motifs is 2. The van der Waals surface area contributed by atoms with Gasteiger partial charge in [0.05, 0.1) is 18.0 Å². The Morgan fingerprint density at radius 1 is 1.05 bits per heavy atom. The number of carbonyl (C=O) groups excluding carboxylic acids is 3. The number of nitriles is 1. The predicted octanol–water partition coefficient (Wildman–Crippen LogP) is 0.755. The largest absolute Gasteiger partial charge is 0.355 e. The van der Waals surface area contributed by atoms with Crippen LogP contribution in [0.1, 0.15) is 68.1 Å². The molecule has 0 spiro atoms. The van der Waals surface area contributed by atoms with Crippen molar-refractivity contribution in [3.63, 3.8) is 0 Å². The van der Waals surface area contributed by atoms with Gasteiger partial charge in [-0.3, -0.25) is 19.4 Å². The number of aromatic nitrogens is 3. The molecule has 1 aromatic heterocycles. The van der Waals surface area contributed by atoms with Crippen molar-refractivity contribution in [2.45, 2.75) is 43.6 Å². The topological polar surface area (TPSA) is 165 Å². The molecule has 4 N–H and O–H groups in total. The van der Waals surface area contributed by atoms with E-state index in [-0.39, 0.29) is 30.0 Å². The van der Waals surface area contributed by atoms with Gasteiger partial charge in [0.15, 0.2) is 0 Å². The molecule has 5 rings (SSSR count). The van der Waals surface area contributed by atoms with Crippen molar-refractivity contribution in [1.82, 2.24) is 35.6 Å². The van der Waals surface area contributed by atoms with Crippen LogP contribution in [-0.2, 0) is 30.1 Å². The molecular weight excluding hydrogens is 548 g/mol. The SMILES string of the molecule is CNC(=O)c1ccc2c(c1)CCc1cc(C(=O)NC)ccc1C2(CCNCC(=O)N1CCC[C@H]1C#N)c1nn(C)c(=O)[nH]1. The highest BCUT2D eigenvalue weighted by molar-refractivity contribution is 5.95. The molecule has 1 fully saturated rings. The molecule has 224 valence electrons. The van der Waals surface area contributed by atoms with Crippen molar-refractivity contribution in [3.8, 4) is 6.07 Å². The highest BCUT2D eigenvalue weighted by Crippen LogP contribution is 2.46. The summed E-state index contributed by atoms with van der Waals surface area (Å²) in [6.07, 6.45) is 3.10. The van der Waals surface area contributed by atoms with E-state index < -0.39 is 11.5 Å². The van der Waals surface area contributed by atoms with Crippen LogP contribution in [0.25, 0.3) is 0 Å². The zero-order valence-corrected chi connectivity index (χ0v) is 24.6. The van der Waals surface area contributed by atoms with Crippen molar-refractivity contribution in [1.29, 1.82) is 5.26 Å². The Bertz CT molecular complexity index is 1600. The highest BCUT2D eigenvalue weighted by atomic mass is 16.2. The van der Waals surface area contributed by atoms with Crippen LogP contribution in [0, 0.1) is 11.3 Å². The van der Waals surface area contributed by atoms with Gasteiger partial charge in [0.1, 0.15) is 11.9 Å². The number of nitrogens with one attached hydrogen (secondary N) is 4. The van der Waals surface area contributed by atoms with Gasteiger partial charge >= 0.3 is 5.69 Å². The van der Waals surface area contributed by atoms with Crippen molar-refractivity contribution in [2.24, 2.45) is 7.05 Å². The number of aromatic amines is 1. The average molecular weight is 585 g/mol. The van der Waals surface area contributed by atoms with E-state index in [0.717, 1.165) is 28.7 Å². The lowest BCUT2D eigenvalue weighted by molar-refractivity contribution is -0.130. The molecule has 1 aliphatic carbocycles. The van der Waals surface area contributed by atoms with Crippen molar-refractivity contribution in [3.05, 3.63) is 86.1 Å². The summed E-state index contributed by atoms with van der Waals surface area (Å²) < 4.78 is 1.26. The molecular formula is C31H36N8O4. The lowest BCUT2D eigenvalue weighted by Gasteiger charge is -2.35. The fourth-order valence-electron chi connectivity index (χ4n) is 6.43. The normalized spacial score (nSPS) is 16.9. The minimum Gasteiger partial charge on any atom is -0.355 e. The van der Waals surface area contributed by atoms with Gasteiger partial charge in [-0.1, -0.05) is 12.1 Å². The third kappa shape index (κ3) is 5.44. The number of likely N-dealkylation sites (tertiary alicyclic amines) is 1. The minimum absolute atomic E-state index is 0.0674. The fraction of sp³-hybridized carbons (Fsp3) is 0.419. The van der Waals surface area contributed by atoms with E-state index in [4.69, 9.17) is 0 Å². The Hall–Kier alpha value is -4.76. The first-order valence-electron chi connectivity index (χ1n) is 14.5. The number of amides is 3. The number of rotatable bonds is 8. The van der Waals surface area contributed by atoms with Gasteiger partial charge in [-0.05, 0) is 85.2 Å². The molecule has 1 aliphatic heterocycles. The number of aryl methyl sites for hydroxylation is 3.